The van der Waals surface area contributed by atoms with Crippen LogP contribution in [0.15, 0.2) is 30.3 Å². The first-order chi connectivity index (χ1) is 8.60. The molecule has 0 heterocycles. The van der Waals surface area contributed by atoms with E-state index in [9.17, 15) is 8.78 Å². The van der Waals surface area contributed by atoms with E-state index in [1.54, 1.807) is 23.1 Å². The monoisotopic (exact) mass is 256 g/mol. The van der Waals surface area contributed by atoms with Crippen LogP contribution in [-0.4, -0.2) is 37.6 Å². The van der Waals surface area contributed by atoms with Gasteiger partial charge in [0.2, 0.25) is 0 Å². The molecule has 1 aromatic rings. The summed E-state index contributed by atoms with van der Waals surface area (Å²) in [4.78, 5) is 1.77. The summed E-state index contributed by atoms with van der Waals surface area (Å²) in [5.74, 6) is -2.79. The van der Waals surface area contributed by atoms with Crippen molar-refractivity contribution < 1.29 is 8.78 Å². The lowest BCUT2D eigenvalue weighted by Crippen LogP contribution is -2.39. The summed E-state index contributed by atoms with van der Waals surface area (Å²) in [5.41, 5.74) is 0.0897. The zero-order chi connectivity index (χ0) is 13.4. The Kier molecular flexibility index (Phi) is 6.22. The van der Waals surface area contributed by atoms with E-state index in [4.69, 9.17) is 0 Å². The molecular formula is C14H22F2N2. The highest BCUT2D eigenvalue weighted by molar-refractivity contribution is 5.20. The molecule has 0 bridgehead atoms. The van der Waals surface area contributed by atoms with Gasteiger partial charge in [0.1, 0.15) is 0 Å². The Morgan fingerprint density at radius 1 is 1.17 bits per heavy atom. The minimum absolute atomic E-state index is 0.0897. The van der Waals surface area contributed by atoms with Crippen LogP contribution in [0.4, 0.5) is 8.78 Å². The van der Waals surface area contributed by atoms with Crippen LogP contribution in [-0.2, 0) is 5.92 Å². The van der Waals surface area contributed by atoms with Crippen molar-refractivity contribution in [3.8, 4) is 0 Å². The summed E-state index contributed by atoms with van der Waals surface area (Å²) >= 11 is 0. The molecule has 0 unspecified atom stereocenters. The molecule has 0 fully saturated rings. The summed E-state index contributed by atoms with van der Waals surface area (Å²) in [5, 5.41) is 3.15. The first-order valence-corrected chi connectivity index (χ1v) is 6.46. The molecule has 4 heteroatoms. The molecule has 18 heavy (non-hydrogen) atoms. The topological polar surface area (TPSA) is 15.3 Å². The van der Waals surface area contributed by atoms with E-state index in [0.29, 0.717) is 13.1 Å². The predicted molar refractivity (Wildman–Crippen MR) is 71.0 cm³/mol. The van der Waals surface area contributed by atoms with E-state index in [0.717, 1.165) is 13.1 Å². The second kappa shape index (κ2) is 7.44. The molecule has 1 rings (SSSR count). The molecule has 102 valence electrons. The van der Waals surface area contributed by atoms with Crippen LogP contribution in [0.25, 0.3) is 0 Å². The maximum atomic E-state index is 14.0. The first-order valence-electron chi connectivity index (χ1n) is 6.46. The van der Waals surface area contributed by atoms with Gasteiger partial charge in [-0.05, 0) is 13.1 Å². The molecule has 0 aliphatic heterocycles. The molecule has 1 N–H and O–H groups in total. The van der Waals surface area contributed by atoms with Crippen molar-refractivity contribution in [2.75, 3.05) is 32.7 Å². The average Bonchev–Trinajstić information content (AvgIpc) is 2.38. The fourth-order valence-electron chi connectivity index (χ4n) is 1.82. The van der Waals surface area contributed by atoms with Gasteiger partial charge >= 0.3 is 0 Å². The number of rotatable bonds is 8. The smallest absolute Gasteiger partial charge is 0.285 e. The molecule has 1 aromatic carbocycles. The normalized spacial score (nSPS) is 12.1. The van der Waals surface area contributed by atoms with Gasteiger partial charge in [-0.1, -0.05) is 44.2 Å². The lowest BCUT2D eigenvalue weighted by Gasteiger charge is -2.26. The van der Waals surface area contributed by atoms with Gasteiger partial charge in [0, 0.05) is 18.7 Å². The SMILES string of the molecule is CCNCCN(CC)CC(F)(F)c1ccccc1. The standard InChI is InChI=1S/C14H22F2N2/c1-3-17-10-11-18(4-2)12-14(15,16)13-8-6-5-7-9-13/h5-9,17H,3-4,10-12H2,1-2H3. The van der Waals surface area contributed by atoms with Crippen molar-refractivity contribution in [1.29, 1.82) is 0 Å². The summed E-state index contributed by atoms with van der Waals surface area (Å²) in [6, 6.07) is 8.02. The highest BCUT2D eigenvalue weighted by Crippen LogP contribution is 2.28. The van der Waals surface area contributed by atoms with Gasteiger partial charge in [-0.25, -0.2) is 0 Å². The van der Waals surface area contributed by atoms with Crippen LogP contribution < -0.4 is 5.32 Å². The third-order valence-electron chi connectivity index (χ3n) is 2.92. The van der Waals surface area contributed by atoms with Crippen molar-refractivity contribution >= 4 is 0 Å². The molecule has 0 spiro atoms. The average molecular weight is 256 g/mol. The zero-order valence-corrected chi connectivity index (χ0v) is 11.1. The van der Waals surface area contributed by atoms with Gasteiger partial charge in [-0.2, -0.15) is 8.78 Å². The Bertz CT molecular complexity index is 328. The fraction of sp³-hybridized carbons (Fsp3) is 0.571. The van der Waals surface area contributed by atoms with Crippen molar-refractivity contribution in [3.05, 3.63) is 35.9 Å². The Labute approximate surface area is 108 Å². The van der Waals surface area contributed by atoms with E-state index in [1.165, 1.54) is 12.1 Å². The third-order valence-corrected chi connectivity index (χ3v) is 2.92. The van der Waals surface area contributed by atoms with Crippen molar-refractivity contribution in [2.45, 2.75) is 19.8 Å². The number of likely N-dealkylation sites (N-methyl/N-ethyl adjacent to an activating group) is 2. The number of alkyl halides is 2. The van der Waals surface area contributed by atoms with E-state index in [-0.39, 0.29) is 12.1 Å². The van der Waals surface area contributed by atoms with Gasteiger partial charge in [-0.3, -0.25) is 4.90 Å². The summed E-state index contributed by atoms with van der Waals surface area (Å²) in [7, 11) is 0. The van der Waals surface area contributed by atoms with Gasteiger partial charge in [0.15, 0.2) is 0 Å². The van der Waals surface area contributed by atoms with E-state index in [1.807, 2.05) is 13.8 Å². The molecule has 0 radical (unpaired) electrons. The van der Waals surface area contributed by atoms with Crippen LogP contribution in [0.3, 0.4) is 0 Å². The number of halogens is 2. The molecular weight excluding hydrogens is 234 g/mol. The summed E-state index contributed by atoms with van der Waals surface area (Å²) in [6.07, 6.45) is 0. The lowest BCUT2D eigenvalue weighted by atomic mass is 10.1. The van der Waals surface area contributed by atoms with E-state index >= 15 is 0 Å². The largest absolute Gasteiger partial charge is 0.316 e. The van der Waals surface area contributed by atoms with Crippen molar-refractivity contribution in [1.82, 2.24) is 10.2 Å². The number of hydrogen-bond acceptors (Lipinski definition) is 2. The predicted octanol–water partition coefficient (Wildman–Crippen LogP) is 2.71. The highest BCUT2D eigenvalue weighted by Gasteiger charge is 2.33. The van der Waals surface area contributed by atoms with Gasteiger partial charge < -0.3 is 5.32 Å². The van der Waals surface area contributed by atoms with Gasteiger partial charge in [0.05, 0.1) is 6.54 Å². The first kappa shape index (κ1) is 15.1. The number of nitrogens with one attached hydrogen (secondary N) is 1. The second-order valence-corrected chi connectivity index (χ2v) is 4.29. The molecule has 0 saturated carbocycles. The lowest BCUT2D eigenvalue weighted by molar-refractivity contribution is -0.0365. The van der Waals surface area contributed by atoms with Crippen LogP contribution in [0.1, 0.15) is 19.4 Å². The van der Waals surface area contributed by atoms with E-state index < -0.39 is 5.92 Å². The molecule has 0 aromatic heterocycles. The zero-order valence-electron chi connectivity index (χ0n) is 11.1. The second-order valence-electron chi connectivity index (χ2n) is 4.29. The van der Waals surface area contributed by atoms with E-state index in [2.05, 4.69) is 5.32 Å². The Morgan fingerprint density at radius 3 is 2.39 bits per heavy atom. The van der Waals surface area contributed by atoms with Crippen molar-refractivity contribution in [2.24, 2.45) is 0 Å². The van der Waals surface area contributed by atoms with Crippen LogP contribution in [0.5, 0.6) is 0 Å². The molecule has 0 aliphatic carbocycles. The maximum Gasteiger partial charge on any atom is 0.285 e. The quantitative estimate of drug-likeness (QED) is 0.719. The summed E-state index contributed by atoms with van der Waals surface area (Å²) in [6.45, 7) is 6.59. The maximum absolute atomic E-state index is 14.0. The van der Waals surface area contributed by atoms with Gasteiger partial charge in [-0.15, -0.1) is 0 Å². The Morgan fingerprint density at radius 2 is 1.83 bits per heavy atom. The molecule has 2 nitrogen and oxygen atoms in total. The minimum atomic E-state index is -2.79. The van der Waals surface area contributed by atoms with Crippen LogP contribution in [0, 0.1) is 0 Å². The fourth-order valence-corrected chi connectivity index (χ4v) is 1.82. The Hall–Kier alpha value is -1.00. The van der Waals surface area contributed by atoms with Crippen LogP contribution in [0.2, 0.25) is 0 Å². The highest BCUT2D eigenvalue weighted by atomic mass is 19.3. The Balaban J connectivity index is 2.57. The van der Waals surface area contributed by atoms with Gasteiger partial charge in [0.25, 0.3) is 5.92 Å². The molecule has 0 saturated heterocycles. The minimum Gasteiger partial charge on any atom is -0.316 e. The summed E-state index contributed by atoms with van der Waals surface area (Å²) < 4.78 is 28.1. The number of nitrogens with zero attached hydrogens (tertiary/aromatic N) is 1. The molecule has 0 amide bonds. The molecule has 0 aliphatic rings. The van der Waals surface area contributed by atoms with Crippen molar-refractivity contribution in [3.63, 3.8) is 0 Å². The third kappa shape index (κ3) is 4.70. The number of hydrogen-bond donors (Lipinski definition) is 1. The van der Waals surface area contributed by atoms with Crippen LogP contribution >= 0.6 is 0 Å². The molecule has 0 atom stereocenters. The number of benzene rings is 1.